The summed E-state index contributed by atoms with van der Waals surface area (Å²) in [5, 5.41) is 9.36. The lowest BCUT2D eigenvalue weighted by atomic mass is 10.0. The molecule has 0 bridgehead atoms. The fourth-order valence-corrected chi connectivity index (χ4v) is 3.71. The van der Waals surface area contributed by atoms with Crippen molar-refractivity contribution in [3.05, 3.63) is 51.7 Å². The molecule has 0 aliphatic carbocycles. The first-order valence-corrected chi connectivity index (χ1v) is 7.65. The molecule has 104 valence electrons. The Morgan fingerprint density at radius 3 is 2.75 bits per heavy atom. The van der Waals surface area contributed by atoms with Crippen molar-refractivity contribution in [2.45, 2.75) is 25.8 Å². The SMILES string of the molecule is CCc1ccc(CN2CC(C(=O)O)c3ccccc32)s1. The van der Waals surface area contributed by atoms with Crippen LogP contribution in [0, 0.1) is 0 Å². The van der Waals surface area contributed by atoms with Gasteiger partial charge < -0.3 is 10.0 Å². The van der Waals surface area contributed by atoms with Gasteiger partial charge in [-0.05, 0) is 30.2 Å². The van der Waals surface area contributed by atoms with E-state index in [4.69, 9.17) is 0 Å². The molecule has 0 spiro atoms. The molecule has 0 saturated heterocycles. The minimum Gasteiger partial charge on any atom is -0.481 e. The Kier molecular flexibility index (Phi) is 3.49. The van der Waals surface area contributed by atoms with Crippen LogP contribution < -0.4 is 4.90 Å². The van der Waals surface area contributed by atoms with Crippen molar-refractivity contribution >= 4 is 23.0 Å². The fraction of sp³-hybridized carbons (Fsp3) is 0.312. The van der Waals surface area contributed by atoms with Crippen molar-refractivity contribution in [3.8, 4) is 0 Å². The van der Waals surface area contributed by atoms with Crippen LogP contribution in [-0.4, -0.2) is 17.6 Å². The van der Waals surface area contributed by atoms with Crippen molar-refractivity contribution in [1.82, 2.24) is 0 Å². The lowest BCUT2D eigenvalue weighted by Gasteiger charge is -2.18. The molecule has 1 aliphatic rings. The summed E-state index contributed by atoms with van der Waals surface area (Å²) in [5.41, 5.74) is 2.00. The lowest BCUT2D eigenvalue weighted by molar-refractivity contribution is -0.138. The second kappa shape index (κ2) is 5.29. The Hall–Kier alpha value is -1.81. The van der Waals surface area contributed by atoms with E-state index >= 15 is 0 Å². The van der Waals surface area contributed by atoms with Crippen molar-refractivity contribution in [2.75, 3.05) is 11.4 Å². The Balaban J connectivity index is 1.86. The molecule has 2 aromatic rings. The summed E-state index contributed by atoms with van der Waals surface area (Å²) < 4.78 is 0. The third-order valence-electron chi connectivity index (χ3n) is 3.77. The molecule has 3 nitrogen and oxygen atoms in total. The molecular formula is C16H17NO2S. The third-order valence-corrected chi connectivity index (χ3v) is 4.98. The van der Waals surface area contributed by atoms with Crippen LogP contribution in [0.15, 0.2) is 36.4 Å². The van der Waals surface area contributed by atoms with E-state index in [2.05, 4.69) is 24.0 Å². The largest absolute Gasteiger partial charge is 0.481 e. The maximum atomic E-state index is 11.4. The molecular weight excluding hydrogens is 270 g/mol. The Labute approximate surface area is 122 Å². The van der Waals surface area contributed by atoms with Gasteiger partial charge in [0.2, 0.25) is 0 Å². The summed E-state index contributed by atoms with van der Waals surface area (Å²) in [4.78, 5) is 16.2. The minimum absolute atomic E-state index is 0.406. The molecule has 0 radical (unpaired) electrons. The van der Waals surface area contributed by atoms with Crippen LogP contribution in [0.3, 0.4) is 0 Å². The number of nitrogens with zero attached hydrogens (tertiary/aromatic N) is 1. The Morgan fingerprint density at radius 1 is 1.30 bits per heavy atom. The predicted octanol–water partition coefficient (Wildman–Crippen LogP) is 3.50. The molecule has 0 fully saturated rings. The van der Waals surface area contributed by atoms with Gasteiger partial charge >= 0.3 is 5.97 Å². The molecule has 1 aliphatic heterocycles. The maximum absolute atomic E-state index is 11.4. The zero-order valence-electron chi connectivity index (χ0n) is 11.4. The molecule has 3 rings (SSSR count). The zero-order chi connectivity index (χ0) is 14.1. The average molecular weight is 287 g/mol. The van der Waals surface area contributed by atoms with Gasteiger partial charge in [-0.2, -0.15) is 0 Å². The lowest BCUT2D eigenvalue weighted by Crippen LogP contribution is -2.23. The number of hydrogen-bond acceptors (Lipinski definition) is 3. The van der Waals surface area contributed by atoms with Crippen LogP contribution in [0.1, 0.15) is 28.2 Å². The summed E-state index contributed by atoms with van der Waals surface area (Å²) in [6, 6.07) is 12.2. The first-order chi connectivity index (χ1) is 9.69. The number of aryl methyl sites for hydroxylation is 1. The van der Waals surface area contributed by atoms with Gasteiger partial charge in [0.1, 0.15) is 5.92 Å². The Morgan fingerprint density at radius 2 is 2.05 bits per heavy atom. The number of aliphatic carboxylic acids is 1. The van der Waals surface area contributed by atoms with Gasteiger partial charge in [0, 0.05) is 22.0 Å². The molecule has 0 amide bonds. The smallest absolute Gasteiger partial charge is 0.312 e. The number of rotatable bonds is 4. The minimum atomic E-state index is -0.736. The van der Waals surface area contributed by atoms with Crippen molar-refractivity contribution in [3.63, 3.8) is 0 Å². The van der Waals surface area contributed by atoms with Gasteiger partial charge in [0.05, 0.1) is 6.54 Å². The summed E-state index contributed by atoms with van der Waals surface area (Å²) in [7, 11) is 0. The monoisotopic (exact) mass is 287 g/mol. The number of fused-ring (bicyclic) bond motifs is 1. The van der Waals surface area contributed by atoms with Crippen LogP contribution in [-0.2, 0) is 17.8 Å². The zero-order valence-corrected chi connectivity index (χ0v) is 12.2. The highest BCUT2D eigenvalue weighted by Crippen LogP contribution is 2.37. The number of carboxylic acid groups (broad SMARTS) is 1. The number of thiophene rings is 1. The second-order valence-corrected chi connectivity index (χ2v) is 6.30. The van der Waals surface area contributed by atoms with Crippen LogP contribution >= 0.6 is 11.3 Å². The van der Waals surface area contributed by atoms with E-state index in [-0.39, 0.29) is 0 Å². The topological polar surface area (TPSA) is 40.5 Å². The van der Waals surface area contributed by atoms with Crippen LogP contribution in [0.25, 0.3) is 0 Å². The van der Waals surface area contributed by atoms with Gasteiger partial charge in [0.25, 0.3) is 0 Å². The summed E-state index contributed by atoms with van der Waals surface area (Å²) in [5.74, 6) is -1.14. The van der Waals surface area contributed by atoms with E-state index in [0.29, 0.717) is 6.54 Å². The van der Waals surface area contributed by atoms with Crippen molar-refractivity contribution < 1.29 is 9.90 Å². The van der Waals surface area contributed by atoms with Crippen LogP contribution in [0.5, 0.6) is 0 Å². The highest BCUT2D eigenvalue weighted by atomic mass is 32.1. The van der Waals surface area contributed by atoms with E-state index in [1.165, 1.54) is 9.75 Å². The summed E-state index contributed by atoms with van der Waals surface area (Å²) >= 11 is 1.81. The van der Waals surface area contributed by atoms with Crippen molar-refractivity contribution in [1.29, 1.82) is 0 Å². The van der Waals surface area contributed by atoms with E-state index in [1.54, 1.807) is 0 Å². The molecule has 20 heavy (non-hydrogen) atoms. The number of benzene rings is 1. The highest BCUT2D eigenvalue weighted by molar-refractivity contribution is 7.12. The molecule has 4 heteroatoms. The average Bonchev–Trinajstić information content (AvgIpc) is 3.04. The Bertz CT molecular complexity index is 635. The molecule has 0 saturated carbocycles. The summed E-state index contributed by atoms with van der Waals surface area (Å²) in [6.07, 6.45) is 1.05. The van der Waals surface area contributed by atoms with E-state index < -0.39 is 11.9 Å². The number of para-hydroxylation sites is 1. The van der Waals surface area contributed by atoms with Gasteiger partial charge in [0.15, 0.2) is 0 Å². The fourth-order valence-electron chi connectivity index (χ4n) is 2.73. The van der Waals surface area contributed by atoms with E-state index in [9.17, 15) is 9.90 Å². The van der Waals surface area contributed by atoms with E-state index in [1.807, 2.05) is 35.6 Å². The standard InChI is InChI=1S/C16H17NO2S/c1-2-11-7-8-12(20-11)9-17-10-14(16(18)19)13-5-3-4-6-15(13)17/h3-8,14H,2,9-10H2,1H3,(H,18,19). The van der Waals surface area contributed by atoms with Gasteiger partial charge in [-0.15, -0.1) is 11.3 Å². The number of carbonyl (C=O) groups is 1. The van der Waals surface area contributed by atoms with Gasteiger partial charge in [-0.25, -0.2) is 0 Å². The normalized spacial score (nSPS) is 17.2. The van der Waals surface area contributed by atoms with E-state index in [0.717, 1.165) is 24.2 Å². The third kappa shape index (κ3) is 2.31. The first-order valence-electron chi connectivity index (χ1n) is 6.83. The summed E-state index contributed by atoms with van der Waals surface area (Å²) in [6.45, 7) is 3.51. The maximum Gasteiger partial charge on any atom is 0.312 e. The number of carboxylic acids is 1. The number of anilines is 1. The molecule has 1 aromatic heterocycles. The molecule has 1 N–H and O–H groups in total. The van der Waals surface area contributed by atoms with Gasteiger partial charge in [-0.3, -0.25) is 4.79 Å². The molecule has 1 atom stereocenters. The first kappa shape index (κ1) is 13.2. The molecule has 1 aromatic carbocycles. The number of hydrogen-bond donors (Lipinski definition) is 1. The van der Waals surface area contributed by atoms with Crippen molar-refractivity contribution in [2.24, 2.45) is 0 Å². The molecule has 1 unspecified atom stereocenters. The quantitative estimate of drug-likeness (QED) is 0.935. The predicted molar refractivity (Wildman–Crippen MR) is 81.6 cm³/mol. The van der Waals surface area contributed by atoms with Gasteiger partial charge in [-0.1, -0.05) is 25.1 Å². The van der Waals surface area contributed by atoms with Crippen LogP contribution in [0.4, 0.5) is 5.69 Å². The van der Waals surface area contributed by atoms with Crippen LogP contribution in [0.2, 0.25) is 0 Å². The second-order valence-electron chi connectivity index (χ2n) is 5.05. The molecule has 2 heterocycles. The highest BCUT2D eigenvalue weighted by Gasteiger charge is 2.33.